The lowest BCUT2D eigenvalue weighted by atomic mass is 9.99. The zero-order valence-corrected chi connectivity index (χ0v) is 36.4. The predicted octanol–water partition coefficient (Wildman–Crippen LogP) is 3.31. The smallest absolute Gasteiger partial charge is 0.295 e. The Morgan fingerprint density at radius 2 is 0.969 bits per heavy atom. The molecule has 0 aliphatic rings. The highest BCUT2D eigenvalue weighted by Crippen LogP contribution is 2.38. The second-order valence-corrected chi connectivity index (χ2v) is 20.9. The highest BCUT2D eigenvalue weighted by Gasteiger charge is 2.28. The normalized spacial score (nSPS) is 13.3. The third-order valence-electron chi connectivity index (χ3n) is 9.20. The van der Waals surface area contributed by atoms with Crippen LogP contribution in [0.3, 0.4) is 0 Å². The Morgan fingerprint density at radius 1 is 0.516 bits per heavy atom. The van der Waals surface area contributed by atoms with E-state index in [4.69, 9.17) is 0 Å². The van der Waals surface area contributed by atoms with Crippen molar-refractivity contribution in [1.29, 1.82) is 0 Å². The van der Waals surface area contributed by atoms with Crippen molar-refractivity contribution in [1.82, 2.24) is 0 Å². The van der Waals surface area contributed by atoms with Gasteiger partial charge in [-0.2, -0.15) is 33.7 Å². The van der Waals surface area contributed by atoms with Gasteiger partial charge in [0.05, 0.1) is 16.3 Å². The number of ketones is 1. The molecule has 0 bridgehead atoms. The van der Waals surface area contributed by atoms with Gasteiger partial charge in [-0.25, -0.2) is 0 Å². The fourth-order valence-electron chi connectivity index (χ4n) is 6.58. The summed E-state index contributed by atoms with van der Waals surface area (Å²) >= 11 is -6.22. The highest BCUT2D eigenvalue weighted by molar-refractivity contribution is 7.87. The van der Waals surface area contributed by atoms with Crippen LogP contribution in [0, 0.1) is 0 Å². The molecule has 0 aliphatic carbocycles. The zero-order chi connectivity index (χ0) is 47.3. The summed E-state index contributed by atoms with van der Waals surface area (Å²) in [5, 5.41) is 2.20. The summed E-state index contributed by atoms with van der Waals surface area (Å²) in [6, 6.07) is 16.6. The van der Waals surface area contributed by atoms with Crippen LogP contribution in [0.15, 0.2) is 126 Å². The number of fused-ring (bicyclic) bond motifs is 2. The van der Waals surface area contributed by atoms with E-state index >= 15 is 0 Å². The first-order valence-corrected chi connectivity index (χ1v) is 25.2. The first-order chi connectivity index (χ1) is 29.6. The summed E-state index contributed by atoms with van der Waals surface area (Å²) in [5.41, 5.74) is -0.422. The molecule has 0 spiro atoms. The molecule has 0 aromatic heterocycles. The maximum absolute atomic E-state index is 13.5. The Morgan fingerprint density at radius 3 is 1.39 bits per heavy atom. The van der Waals surface area contributed by atoms with Crippen LogP contribution in [0.25, 0.3) is 21.5 Å². The molecule has 0 heterocycles. The minimum atomic E-state index is -5.41. The van der Waals surface area contributed by atoms with Gasteiger partial charge in [0.1, 0.15) is 20.5 Å². The molecule has 0 fully saturated rings. The van der Waals surface area contributed by atoms with Crippen LogP contribution in [0.4, 0.5) is 11.4 Å². The number of hydrogen-bond acceptors (Lipinski definition) is 15. The van der Waals surface area contributed by atoms with Gasteiger partial charge in [0, 0.05) is 55.3 Å². The van der Waals surface area contributed by atoms with E-state index in [0.29, 0.717) is 23.8 Å². The van der Waals surface area contributed by atoms with E-state index in [2.05, 4.69) is 10.6 Å². The van der Waals surface area contributed by atoms with Crippen molar-refractivity contribution < 1.29 is 83.8 Å². The molecule has 2 unspecified atom stereocenters. The van der Waals surface area contributed by atoms with Gasteiger partial charge in [-0.15, -0.1) is 0 Å². The topological polar surface area (TPSA) is 373 Å². The zero-order valence-electron chi connectivity index (χ0n) is 31.5. The summed E-state index contributed by atoms with van der Waals surface area (Å²) in [4.78, 5) is 34.5. The number of hydrogen-bond donors (Lipinski definition) is 6. The third kappa shape index (κ3) is 10.5. The number of carbonyl (C=O) groups excluding carboxylic acids is 3. The summed E-state index contributed by atoms with van der Waals surface area (Å²) in [5.74, 6) is -2.31. The van der Waals surface area contributed by atoms with Crippen LogP contribution in [0.1, 0.15) is 31.8 Å². The molecule has 64 heavy (non-hydrogen) atoms. The van der Waals surface area contributed by atoms with E-state index in [9.17, 15) is 83.8 Å². The van der Waals surface area contributed by atoms with Crippen LogP contribution in [0.2, 0.25) is 0 Å². The number of amides is 2. The molecular weight excluding hydrogens is 969 g/mol. The largest absolute Gasteiger partial charge is 0.768 e. The van der Waals surface area contributed by atoms with E-state index in [0.717, 1.165) is 30.3 Å². The van der Waals surface area contributed by atoms with Crippen LogP contribution in [0.5, 0.6) is 0 Å². The molecular formula is C37H26N2O19S6-2. The Labute approximate surface area is 367 Å². The monoisotopic (exact) mass is 994 g/mol. The summed E-state index contributed by atoms with van der Waals surface area (Å²) in [6.07, 6.45) is -0.583. The van der Waals surface area contributed by atoms with Gasteiger partial charge < -0.3 is 19.7 Å². The van der Waals surface area contributed by atoms with Crippen molar-refractivity contribution >= 4 is 113 Å². The van der Waals surface area contributed by atoms with Gasteiger partial charge >= 0.3 is 0 Å². The van der Waals surface area contributed by atoms with Crippen molar-refractivity contribution in [2.45, 2.75) is 42.2 Å². The first-order valence-electron chi connectivity index (χ1n) is 17.3. The number of Topliss-reactive ketones (excluding diaryl/α,β-unsaturated/α-hetero) is 1. The molecule has 6 aromatic rings. The lowest BCUT2D eigenvalue weighted by Crippen LogP contribution is -2.15. The lowest BCUT2D eigenvalue weighted by Gasteiger charge is -2.18. The SMILES string of the molecule is O=C(Cc1cccc(C(=O)Nc2ccc(S(=O)(=O)O)c3cc(S(=O)[O-])cc(S(=O)[O-])c23)c1)Cc1cccc(C(=O)Nc2ccc(S(=O)(=O)O)c3cc(S(=O)(=O)O)cc(S(=O)(=O)O)c23)c1. The molecule has 21 nitrogen and oxygen atoms in total. The number of anilines is 2. The molecule has 0 aliphatic heterocycles. The average molecular weight is 995 g/mol. The van der Waals surface area contributed by atoms with E-state index in [1.54, 1.807) is 0 Å². The highest BCUT2D eigenvalue weighted by atomic mass is 32.2. The minimum Gasteiger partial charge on any atom is -0.768 e. The molecule has 0 saturated heterocycles. The van der Waals surface area contributed by atoms with Gasteiger partial charge in [0.25, 0.3) is 52.3 Å². The van der Waals surface area contributed by atoms with E-state index in [-0.39, 0.29) is 35.2 Å². The molecule has 6 aromatic carbocycles. The lowest BCUT2D eigenvalue weighted by molar-refractivity contribution is -0.117. The number of benzene rings is 6. The van der Waals surface area contributed by atoms with Gasteiger partial charge in [-0.3, -0.25) is 41.0 Å². The number of nitrogens with one attached hydrogen (secondary N) is 2. The van der Waals surface area contributed by atoms with Crippen molar-refractivity contribution in [3.05, 3.63) is 119 Å². The van der Waals surface area contributed by atoms with Crippen molar-refractivity contribution in [3.8, 4) is 0 Å². The number of carbonyl (C=O) groups is 3. The maximum atomic E-state index is 13.5. The Hall–Kier alpha value is -5.69. The van der Waals surface area contributed by atoms with Crippen molar-refractivity contribution in [2.75, 3.05) is 10.6 Å². The van der Waals surface area contributed by atoms with Crippen LogP contribution < -0.4 is 10.6 Å². The average Bonchev–Trinajstić information content (AvgIpc) is 3.18. The van der Waals surface area contributed by atoms with E-state index in [1.165, 1.54) is 48.5 Å². The van der Waals surface area contributed by atoms with Gasteiger partial charge in [0.2, 0.25) is 0 Å². The fraction of sp³-hybridized carbons (Fsp3) is 0.0541. The van der Waals surface area contributed by atoms with Crippen molar-refractivity contribution in [2.24, 2.45) is 0 Å². The molecule has 27 heteroatoms. The standard InChI is InChI=1S/C37H28N2O19S6/c40-23(13-19-3-1-5-21(11-19)36(41)38-28-7-9-31(62(50,51)52)26-15-24(59(43)44)16-30(34(26)28)60(45)46)14-20-4-2-6-22(12-20)37(42)39-29-8-10-32(63(53,54)55)27-17-25(61(47,48)49)18-33(35(27)29)64(56,57)58/h1-12,15-18H,13-14H2,(H,38,41)(H,39,42)(H,43,44)(H,45,46)(H,47,48,49)(H,50,51,52)(H,53,54,55)(H,56,57,58)/p-2. The maximum Gasteiger partial charge on any atom is 0.295 e. The minimum absolute atomic E-state index is 0.0680. The molecule has 6 N–H and O–H groups in total. The summed E-state index contributed by atoms with van der Waals surface area (Å²) in [7, 11) is -20.9. The fourth-order valence-corrected chi connectivity index (χ4v) is 10.4. The quantitative estimate of drug-likeness (QED) is 0.0673. The van der Waals surface area contributed by atoms with Crippen LogP contribution in [-0.4, -0.2) is 87.0 Å². The molecule has 6 rings (SSSR count). The molecule has 0 radical (unpaired) electrons. The first kappa shape index (κ1) is 47.8. The number of rotatable bonds is 14. The Kier molecular flexibility index (Phi) is 13.2. The van der Waals surface area contributed by atoms with Gasteiger partial charge in [-0.05, 0) is 106 Å². The molecule has 0 saturated carbocycles. The second kappa shape index (κ2) is 17.7. The van der Waals surface area contributed by atoms with E-state index < -0.39 is 137 Å². The van der Waals surface area contributed by atoms with Gasteiger partial charge in [-0.1, -0.05) is 24.3 Å². The Bertz CT molecular complexity index is 3520. The van der Waals surface area contributed by atoms with Crippen LogP contribution >= 0.6 is 0 Å². The second-order valence-electron chi connectivity index (χ2n) is 13.5. The third-order valence-corrected chi connectivity index (χ3v) is 14.0. The van der Waals surface area contributed by atoms with Gasteiger partial charge in [0.15, 0.2) is 0 Å². The summed E-state index contributed by atoms with van der Waals surface area (Å²) < 4.78 is 184. The molecule has 2 atom stereocenters. The van der Waals surface area contributed by atoms with Crippen LogP contribution in [-0.2, 0) is 80.3 Å². The van der Waals surface area contributed by atoms with E-state index in [1.807, 2.05) is 0 Å². The predicted molar refractivity (Wildman–Crippen MR) is 223 cm³/mol. The summed E-state index contributed by atoms with van der Waals surface area (Å²) in [6.45, 7) is 0. The van der Waals surface area contributed by atoms with Crippen molar-refractivity contribution in [3.63, 3.8) is 0 Å². The Balaban J connectivity index is 1.24. The molecule has 336 valence electrons. The molecule has 2 amide bonds.